The third-order valence-electron chi connectivity index (χ3n) is 4.32. The van der Waals surface area contributed by atoms with Crippen LogP contribution in [0, 0.1) is 5.92 Å². The van der Waals surface area contributed by atoms with E-state index in [9.17, 15) is 9.59 Å². The highest BCUT2D eigenvalue weighted by Crippen LogP contribution is 2.26. The molecule has 2 atom stereocenters. The van der Waals surface area contributed by atoms with E-state index in [1.165, 1.54) is 6.07 Å². The summed E-state index contributed by atoms with van der Waals surface area (Å²) in [6, 6.07) is 5.41. The standard InChI is InChI=1S/C15H19N3O3/c19-14-5-4-10-8-18(7-6-12(10)17-14)9-11-2-1-3-13(16-11)15(20)21/h1-3,10,12H,4-9H2,(H,17,19)(H,20,21). The van der Waals surface area contributed by atoms with Gasteiger partial charge in [-0.15, -0.1) is 0 Å². The number of rotatable bonds is 3. The summed E-state index contributed by atoms with van der Waals surface area (Å²) in [6.45, 7) is 2.50. The lowest BCUT2D eigenvalue weighted by molar-refractivity contribution is -0.125. The Morgan fingerprint density at radius 3 is 3.10 bits per heavy atom. The van der Waals surface area contributed by atoms with Gasteiger partial charge >= 0.3 is 5.97 Å². The van der Waals surface area contributed by atoms with E-state index in [4.69, 9.17) is 5.11 Å². The maximum absolute atomic E-state index is 11.4. The Morgan fingerprint density at radius 2 is 2.29 bits per heavy atom. The number of nitrogens with zero attached hydrogens (tertiary/aromatic N) is 2. The summed E-state index contributed by atoms with van der Waals surface area (Å²) in [6.07, 6.45) is 2.51. The molecule has 2 N–H and O–H groups in total. The normalized spacial score (nSPS) is 26.0. The van der Waals surface area contributed by atoms with Crippen LogP contribution in [0.4, 0.5) is 0 Å². The van der Waals surface area contributed by atoms with Crippen molar-refractivity contribution in [3.05, 3.63) is 29.6 Å². The fourth-order valence-corrected chi connectivity index (χ4v) is 3.24. The number of carbonyl (C=O) groups is 2. The van der Waals surface area contributed by atoms with E-state index in [2.05, 4.69) is 15.2 Å². The second-order valence-electron chi connectivity index (χ2n) is 5.82. The zero-order valence-corrected chi connectivity index (χ0v) is 11.8. The molecule has 3 rings (SSSR count). The largest absolute Gasteiger partial charge is 0.477 e. The minimum absolute atomic E-state index is 0.0901. The van der Waals surface area contributed by atoms with Gasteiger partial charge in [0.25, 0.3) is 0 Å². The number of hydrogen-bond donors (Lipinski definition) is 2. The topological polar surface area (TPSA) is 82.5 Å². The van der Waals surface area contributed by atoms with Crippen molar-refractivity contribution in [3.63, 3.8) is 0 Å². The van der Waals surface area contributed by atoms with E-state index < -0.39 is 5.97 Å². The highest BCUT2D eigenvalue weighted by atomic mass is 16.4. The van der Waals surface area contributed by atoms with Gasteiger partial charge in [-0.1, -0.05) is 6.07 Å². The Balaban J connectivity index is 1.63. The van der Waals surface area contributed by atoms with Crippen molar-refractivity contribution in [2.24, 2.45) is 5.92 Å². The van der Waals surface area contributed by atoms with Gasteiger partial charge in [-0.05, 0) is 30.9 Å². The molecule has 21 heavy (non-hydrogen) atoms. The number of amides is 1. The first kappa shape index (κ1) is 14.0. The molecule has 0 aliphatic carbocycles. The molecule has 1 amide bonds. The Hall–Kier alpha value is -1.95. The molecule has 112 valence electrons. The average Bonchev–Trinajstić information content (AvgIpc) is 2.48. The van der Waals surface area contributed by atoms with Crippen molar-refractivity contribution >= 4 is 11.9 Å². The fraction of sp³-hybridized carbons (Fsp3) is 0.533. The van der Waals surface area contributed by atoms with Gasteiger partial charge in [0.1, 0.15) is 5.69 Å². The van der Waals surface area contributed by atoms with Crippen molar-refractivity contribution in [2.45, 2.75) is 31.8 Å². The van der Waals surface area contributed by atoms with Crippen molar-refractivity contribution in [1.29, 1.82) is 0 Å². The molecule has 3 heterocycles. The zero-order chi connectivity index (χ0) is 14.8. The number of aromatic carboxylic acids is 1. The van der Waals surface area contributed by atoms with Gasteiger partial charge in [-0.3, -0.25) is 9.69 Å². The molecule has 0 spiro atoms. The van der Waals surface area contributed by atoms with Gasteiger partial charge in [0.15, 0.2) is 0 Å². The second kappa shape index (κ2) is 5.81. The molecule has 2 aliphatic rings. The van der Waals surface area contributed by atoms with Gasteiger partial charge < -0.3 is 10.4 Å². The van der Waals surface area contributed by atoms with Crippen LogP contribution in [-0.4, -0.2) is 46.0 Å². The molecule has 0 saturated carbocycles. The maximum atomic E-state index is 11.4. The van der Waals surface area contributed by atoms with Crippen LogP contribution in [0.2, 0.25) is 0 Å². The van der Waals surface area contributed by atoms with Crippen LogP contribution in [0.1, 0.15) is 35.4 Å². The molecule has 6 nitrogen and oxygen atoms in total. The quantitative estimate of drug-likeness (QED) is 0.863. The SMILES string of the molecule is O=C1CCC2CN(Cc3cccc(C(=O)O)n3)CCC2N1. The van der Waals surface area contributed by atoms with Gasteiger partial charge in [-0.25, -0.2) is 9.78 Å². The summed E-state index contributed by atoms with van der Waals surface area (Å²) in [5, 5.41) is 12.0. The van der Waals surface area contributed by atoms with E-state index in [1.54, 1.807) is 6.07 Å². The number of piperidine rings is 2. The number of carboxylic acid groups (broad SMARTS) is 1. The second-order valence-corrected chi connectivity index (χ2v) is 5.82. The number of fused-ring (bicyclic) bond motifs is 1. The lowest BCUT2D eigenvalue weighted by Gasteiger charge is -2.41. The van der Waals surface area contributed by atoms with Crippen LogP contribution in [0.3, 0.4) is 0 Å². The van der Waals surface area contributed by atoms with Crippen molar-refractivity contribution in [2.75, 3.05) is 13.1 Å². The van der Waals surface area contributed by atoms with Gasteiger partial charge in [-0.2, -0.15) is 0 Å². The molecule has 6 heteroatoms. The Kier molecular flexibility index (Phi) is 3.88. The molecule has 0 aromatic carbocycles. The van der Waals surface area contributed by atoms with Crippen LogP contribution >= 0.6 is 0 Å². The number of carbonyl (C=O) groups excluding carboxylic acids is 1. The Labute approximate surface area is 123 Å². The van der Waals surface area contributed by atoms with Crippen LogP contribution in [-0.2, 0) is 11.3 Å². The molecule has 2 unspecified atom stereocenters. The summed E-state index contributed by atoms with van der Waals surface area (Å²) in [7, 11) is 0. The number of likely N-dealkylation sites (tertiary alicyclic amines) is 1. The smallest absolute Gasteiger partial charge is 0.354 e. The first-order valence-electron chi connectivity index (χ1n) is 7.33. The van der Waals surface area contributed by atoms with Gasteiger partial charge in [0.05, 0.1) is 5.69 Å². The predicted octanol–water partition coefficient (Wildman–Crippen LogP) is 0.880. The average molecular weight is 289 g/mol. The predicted molar refractivity (Wildman–Crippen MR) is 75.7 cm³/mol. The van der Waals surface area contributed by atoms with Crippen LogP contribution in [0.15, 0.2) is 18.2 Å². The third-order valence-corrected chi connectivity index (χ3v) is 4.32. The number of pyridine rings is 1. The van der Waals surface area contributed by atoms with Crippen LogP contribution in [0.5, 0.6) is 0 Å². The van der Waals surface area contributed by atoms with E-state index in [0.717, 1.165) is 31.6 Å². The lowest BCUT2D eigenvalue weighted by Crippen LogP contribution is -2.53. The Morgan fingerprint density at radius 1 is 1.43 bits per heavy atom. The van der Waals surface area contributed by atoms with E-state index in [0.29, 0.717) is 24.9 Å². The first-order chi connectivity index (χ1) is 10.1. The highest BCUT2D eigenvalue weighted by Gasteiger charge is 2.33. The first-order valence-corrected chi connectivity index (χ1v) is 7.33. The number of aromatic nitrogens is 1. The summed E-state index contributed by atoms with van der Waals surface area (Å²) in [5.41, 5.74) is 0.875. The van der Waals surface area contributed by atoms with Gasteiger partial charge in [0.2, 0.25) is 5.91 Å². The van der Waals surface area contributed by atoms with E-state index >= 15 is 0 Å². The fourth-order valence-electron chi connectivity index (χ4n) is 3.24. The minimum atomic E-state index is -0.995. The molecule has 0 bridgehead atoms. The molecule has 1 aromatic rings. The van der Waals surface area contributed by atoms with Crippen LogP contribution < -0.4 is 5.32 Å². The Bertz CT molecular complexity index is 561. The molecule has 2 fully saturated rings. The van der Waals surface area contributed by atoms with Crippen molar-refractivity contribution < 1.29 is 14.7 Å². The summed E-state index contributed by atoms with van der Waals surface area (Å²) < 4.78 is 0. The highest BCUT2D eigenvalue weighted by molar-refractivity contribution is 5.85. The molecule has 2 saturated heterocycles. The van der Waals surface area contributed by atoms with Crippen LogP contribution in [0.25, 0.3) is 0 Å². The number of nitrogens with one attached hydrogen (secondary N) is 1. The van der Waals surface area contributed by atoms with E-state index in [-0.39, 0.29) is 11.6 Å². The summed E-state index contributed by atoms with van der Waals surface area (Å²) >= 11 is 0. The summed E-state index contributed by atoms with van der Waals surface area (Å²) in [4.78, 5) is 28.8. The van der Waals surface area contributed by atoms with Crippen molar-refractivity contribution in [1.82, 2.24) is 15.2 Å². The minimum Gasteiger partial charge on any atom is -0.477 e. The zero-order valence-electron chi connectivity index (χ0n) is 11.8. The van der Waals surface area contributed by atoms with Crippen molar-refractivity contribution in [3.8, 4) is 0 Å². The van der Waals surface area contributed by atoms with E-state index in [1.807, 2.05) is 6.07 Å². The lowest BCUT2D eigenvalue weighted by atomic mass is 9.85. The third kappa shape index (κ3) is 3.21. The number of hydrogen-bond acceptors (Lipinski definition) is 4. The molecule has 0 radical (unpaired) electrons. The molecule has 2 aliphatic heterocycles. The molecular formula is C15H19N3O3. The molecule has 1 aromatic heterocycles. The summed E-state index contributed by atoms with van der Waals surface area (Å²) in [5.74, 6) is -0.329. The maximum Gasteiger partial charge on any atom is 0.354 e. The number of carboxylic acids is 1. The van der Waals surface area contributed by atoms with Gasteiger partial charge in [0, 0.05) is 32.1 Å². The monoisotopic (exact) mass is 289 g/mol. The molecular weight excluding hydrogens is 270 g/mol.